The van der Waals surface area contributed by atoms with Gasteiger partial charge in [0.2, 0.25) is 11.9 Å². The summed E-state index contributed by atoms with van der Waals surface area (Å²) in [5.41, 5.74) is 2.54. The first-order chi connectivity index (χ1) is 15.9. The van der Waals surface area contributed by atoms with Gasteiger partial charge in [0.15, 0.2) is 0 Å². The van der Waals surface area contributed by atoms with E-state index < -0.39 is 24.9 Å². The topological polar surface area (TPSA) is 94.7 Å². The number of halogens is 3. The number of amides is 1. The molecule has 1 saturated heterocycles. The summed E-state index contributed by atoms with van der Waals surface area (Å²) >= 11 is 6.42. The Kier molecular flexibility index (Phi) is 5.92. The summed E-state index contributed by atoms with van der Waals surface area (Å²) in [5.74, 6) is -2.72. The zero-order valence-corrected chi connectivity index (χ0v) is 18.6. The molecule has 5 rings (SSSR count). The lowest BCUT2D eigenvalue weighted by Crippen LogP contribution is -2.48. The van der Waals surface area contributed by atoms with E-state index in [2.05, 4.69) is 30.9 Å². The van der Waals surface area contributed by atoms with Crippen molar-refractivity contribution in [2.45, 2.75) is 56.2 Å². The van der Waals surface area contributed by atoms with Gasteiger partial charge >= 0.3 is 0 Å². The van der Waals surface area contributed by atoms with Crippen molar-refractivity contribution in [1.29, 1.82) is 0 Å². The van der Waals surface area contributed by atoms with Crippen LogP contribution in [0.3, 0.4) is 0 Å². The van der Waals surface area contributed by atoms with Gasteiger partial charge in [-0.25, -0.2) is 18.7 Å². The van der Waals surface area contributed by atoms with Crippen LogP contribution in [-0.4, -0.2) is 51.5 Å². The van der Waals surface area contributed by atoms with E-state index in [0.717, 1.165) is 35.7 Å². The van der Waals surface area contributed by atoms with Crippen LogP contribution >= 0.6 is 11.6 Å². The zero-order chi connectivity index (χ0) is 23.0. The number of carbonyl (C=O) groups is 1. The maximum absolute atomic E-state index is 13.4. The number of fused-ring (bicyclic) bond motifs is 1. The fourth-order valence-corrected chi connectivity index (χ4v) is 4.92. The van der Waals surface area contributed by atoms with Crippen molar-refractivity contribution in [3.05, 3.63) is 41.7 Å². The van der Waals surface area contributed by atoms with Crippen LogP contribution in [-0.2, 0) is 4.79 Å². The van der Waals surface area contributed by atoms with Gasteiger partial charge in [0, 0.05) is 41.2 Å². The number of nitrogens with zero attached hydrogens (tertiary/aromatic N) is 2. The molecule has 2 aliphatic rings. The molecule has 10 heteroatoms. The highest BCUT2D eigenvalue weighted by Gasteiger charge is 2.42. The molecule has 1 aliphatic heterocycles. The van der Waals surface area contributed by atoms with Crippen LogP contribution in [0.2, 0.25) is 5.02 Å². The van der Waals surface area contributed by atoms with E-state index in [1.807, 2.05) is 30.5 Å². The molecule has 2 fully saturated rings. The van der Waals surface area contributed by atoms with Crippen molar-refractivity contribution in [3.63, 3.8) is 0 Å². The Hall–Kier alpha value is -2.78. The first kappa shape index (κ1) is 22.0. The van der Waals surface area contributed by atoms with Crippen molar-refractivity contribution >= 4 is 34.4 Å². The molecule has 0 bridgehead atoms. The Labute approximate surface area is 194 Å². The second-order valence-corrected chi connectivity index (χ2v) is 9.25. The second-order valence-electron chi connectivity index (χ2n) is 8.85. The number of nitrogens with one attached hydrogen (secondary N) is 4. The Morgan fingerprint density at radius 1 is 1.21 bits per heavy atom. The molecule has 2 aromatic heterocycles. The first-order valence-electron chi connectivity index (χ1n) is 11.2. The summed E-state index contributed by atoms with van der Waals surface area (Å²) < 4.78 is 26.8. The van der Waals surface area contributed by atoms with E-state index in [1.54, 1.807) is 6.20 Å². The molecule has 1 aliphatic carbocycles. The van der Waals surface area contributed by atoms with Gasteiger partial charge in [-0.3, -0.25) is 10.1 Å². The minimum Gasteiger partial charge on any atom is -0.360 e. The Bertz CT molecular complexity index is 1170. The molecule has 3 heterocycles. The van der Waals surface area contributed by atoms with Crippen LogP contribution < -0.4 is 16.0 Å². The predicted molar refractivity (Wildman–Crippen MR) is 123 cm³/mol. The third-order valence-electron chi connectivity index (χ3n) is 6.37. The van der Waals surface area contributed by atoms with Gasteiger partial charge in [0.05, 0.1) is 29.5 Å². The fraction of sp³-hybridized carbons (Fsp3) is 0.435. The summed E-state index contributed by atoms with van der Waals surface area (Å²) in [4.78, 5) is 24.7. The van der Waals surface area contributed by atoms with Crippen LogP contribution in [0.5, 0.6) is 0 Å². The van der Waals surface area contributed by atoms with Crippen LogP contribution in [0.25, 0.3) is 22.2 Å². The summed E-state index contributed by atoms with van der Waals surface area (Å²) in [6, 6.07) is 7.06. The van der Waals surface area contributed by atoms with Crippen LogP contribution in [0.1, 0.15) is 32.1 Å². The molecule has 174 valence electrons. The number of anilines is 1. The highest BCUT2D eigenvalue weighted by molar-refractivity contribution is 6.33. The quantitative estimate of drug-likeness (QED) is 0.446. The standard InChI is InChI=1S/C23H25ClF2N6O/c24-17-11-28-22(32-20(17)16-10-27-18-7-2-1-6-15(16)18)31-14-5-3-4-13(8-14)30-21(33)19-9-23(25,26)12-29-19/h1-2,6-7,10-11,13-14,19,27,29H,3-5,8-9,12H2,(H,30,33)(H,28,31,32)/t13-,14+,19+/m0/s1. The lowest BCUT2D eigenvalue weighted by molar-refractivity contribution is -0.124. The average molecular weight is 475 g/mol. The van der Waals surface area contributed by atoms with E-state index in [9.17, 15) is 13.6 Å². The van der Waals surface area contributed by atoms with Crippen molar-refractivity contribution in [2.24, 2.45) is 0 Å². The molecule has 3 atom stereocenters. The van der Waals surface area contributed by atoms with Crippen molar-refractivity contribution in [1.82, 2.24) is 25.6 Å². The van der Waals surface area contributed by atoms with Crippen LogP contribution in [0.4, 0.5) is 14.7 Å². The van der Waals surface area contributed by atoms with Gasteiger partial charge in [0.1, 0.15) is 0 Å². The molecule has 1 saturated carbocycles. The fourth-order valence-electron chi connectivity index (χ4n) is 4.73. The SMILES string of the molecule is O=C(N[C@H]1CCC[C@@H](Nc2ncc(Cl)c(-c3c[nH]c4ccccc34)n2)C1)[C@H]1CC(F)(F)CN1. The number of rotatable bonds is 5. The summed E-state index contributed by atoms with van der Waals surface area (Å²) in [6.45, 7) is -0.452. The molecule has 1 aromatic carbocycles. The average Bonchev–Trinajstić information content (AvgIpc) is 3.38. The van der Waals surface area contributed by atoms with Gasteiger partial charge in [-0.1, -0.05) is 29.8 Å². The third-order valence-corrected chi connectivity index (χ3v) is 6.65. The highest BCUT2D eigenvalue weighted by Crippen LogP contribution is 2.33. The first-order valence-corrected chi connectivity index (χ1v) is 11.5. The van der Waals surface area contributed by atoms with Crippen molar-refractivity contribution < 1.29 is 13.6 Å². The number of benzene rings is 1. The molecular formula is C23H25ClF2N6O. The van der Waals surface area contributed by atoms with E-state index in [-0.39, 0.29) is 18.0 Å². The molecule has 7 nitrogen and oxygen atoms in total. The molecule has 33 heavy (non-hydrogen) atoms. The number of H-pyrrole nitrogens is 1. The number of aromatic nitrogens is 3. The maximum atomic E-state index is 13.4. The molecular weight excluding hydrogens is 450 g/mol. The summed E-state index contributed by atoms with van der Waals surface area (Å²) in [5, 5.41) is 10.4. The molecule has 4 N–H and O–H groups in total. The monoisotopic (exact) mass is 474 g/mol. The van der Waals surface area contributed by atoms with Crippen LogP contribution in [0, 0.1) is 0 Å². The molecule has 0 unspecified atom stereocenters. The maximum Gasteiger partial charge on any atom is 0.262 e. The second kappa shape index (κ2) is 8.87. The molecule has 0 radical (unpaired) electrons. The van der Waals surface area contributed by atoms with Gasteiger partial charge in [-0.05, 0) is 31.7 Å². The highest BCUT2D eigenvalue weighted by atomic mass is 35.5. The summed E-state index contributed by atoms with van der Waals surface area (Å²) in [6.07, 6.45) is 6.30. The van der Waals surface area contributed by atoms with Gasteiger partial charge in [-0.15, -0.1) is 0 Å². The van der Waals surface area contributed by atoms with Gasteiger partial charge in [-0.2, -0.15) is 0 Å². The van der Waals surface area contributed by atoms with E-state index in [0.29, 0.717) is 23.1 Å². The Morgan fingerprint density at radius 3 is 2.85 bits per heavy atom. The normalized spacial score (nSPS) is 24.6. The molecule has 1 amide bonds. The van der Waals surface area contributed by atoms with Crippen LogP contribution in [0.15, 0.2) is 36.7 Å². The van der Waals surface area contributed by atoms with Gasteiger partial charge < -0.3 is 15.6 Å². The lowest BCUT2D eigenvalue weighted by atomic mass is 9.90. The zero-order valence-electron chi connectivity index (χ0n) is 17.9. The largest absolute Gasteiger partial charge is 0.360 e. The molecule has 0 spiro atoms. The summed E-state index contributed by atoms with van der Waals surface area (Å²) in [7, 11) is 0. The minimum absolute atomic E-state index is 0.0547. The number of para-hydroxylation sites is 1. The van der Waals surface area contributed by atoms with Crippen molar-refractivity contribution in [3.8, 4) is 11.3 Å². The number of hydrogen-bond donors (Lipinski definition) is 4. The van der Waals surface area contributed by atoms with E-state index >= 15 is 0 Å². The Balaban J connectivity index is 1.26. The lowest BCUT2D eigenvalue weighted by Gasteiger charge is -2.31. The number of aromatic amines is 1. The Morgan fingerprint density at radius 2 is 2.03 bits per heavy atom. The smallest absolute Gasteiger partial charge is 0.262 e. The minimum atomic E-state index is -2.83. The number of hydrogen-bond acceptors (Lipinski definition) is 5. The number of carbonyl (C=O) groups excluding carboxylic acids is 1. The van der Waals surface area contributed by atoms with Crippen molar-refractivity contribution in [2.75, 3.05) is 11.9 Å². The van der Waals surface area contributed by atoms with Gasteiger partial charge in [0.25, 0.3) is 5.92 Å². The van der Waals surface area contributed by atoms with E-state index in [1.165, 1.54) is 0 Å². The van der Waals surface area contributed by atoms with E-state index in [4.69, 9.17) is 11.6 Å². The number of alkyl halides is 2. The predicted octanol–water partition coefficient (Wildman–Crippen LogP) is 4.11. The third kappa shape index (κ3) is 4.79. The molecule has 3 aromatic rings.